The molecule has 0 aromatic heterocycles. The normalized spacial score (nSPS) is 16.6. The molecule has 2 atom stereocenters. The molecule has 47 heavy (non-hydrogen) atoms. The van der Waals surface area contributed by atoms with Gasteiger partial charge in [-0.05, 0) is 47.5 Å². The molecule has 2 heterocycles. The maximum absolute atomic E-state index is 13.8. The monoisotopic (exact) mass is 670 g/mol. The van der Waals surface area contributed by atoms with E-state index in [9.17, 15) is 9.59 Å². The van der Waals surface area contributed by atoms with Gasteiger partial charge in [0, 0.05) is 73.8 Å². The summed E-state index contributed by atoms with van der Waals surface area (Å²) in [7, 11) is 0. The van der Waals surface area contributed by atoms with Crippen molar-refractivity contribution < 1.29 is 14.3 Å². The zero-order chi connectivity index (χ0) is 32.6. The van der Waals surface area contributed by atoms with Gasteiger partial charge in [0.2, 0.25) is 11.8 Å². The van der Waals surface area contributed by atoms with Crippen molar-refractivity contribution in [2.75, 3.05) is 62.2 Å². The van der Waals surface area contributed by atoms with Crippen molar-refractivity contribution in [1.82, 2.24) is 9.80 Å². The van der Waals surface area contributed by atoms with Crippen molar-refractivity contribution in [2.24, 2.45) is 0 Å². The number of benzene rings is 4. The summed E-state index contributed by atoms with van der Waals surface area (Å²) in [6.07, 6.45) is -1.15. The van der Waals surface area contributed by atoms with Gasteiger partial charge in [0.05, 0.1) is 25.0 Å². The van der Waals surface area contributed by atoms with Gasteiger partial charge >= 0.3 is 0 Å². The molecular weight excluding hydrogens is 631 g/mol. The quantitative estimate of drug-likeness (QED) is 0.178. The summed E-state index contributed by atoms with van der Waals surface area (Å²) >= 11 is 13.4. The minimum Gasteiger partial charge on any atom is -0.368 e. The number of halogens is 2. The number of ether oxygens (including phenoxy) is 1. The molecule has 7 nitrogen and oxygen atoms in total. The first-order valence-corrected chi connectivity index (χ1v) is 17.0. The van der Waals surface area contributed by atoms with Crippen LogP contribution in [0.4, 0.5) is 11.4 Å². The van der Waals surface area contributed by atoms with E-state index in [-0.39, 0.29) is 24.7 Å². The Labute approximate surface area is 287 Å². The average molecular weight is 672 g/mol. The largest absolute Gasteiger partial charge is 0.368 e. The number of rotatable bonds is 10. The maximum atomic E-state index is 13.8. The lowest BCUT2D eigenvalue weighted by Gasteiger charge is -2.37. The molecular formula is C38H40Cl2N4O3. The fourth-order valence-corrected chi connectivity index (χ4v) is 6.93. The minimum absolute atomic E-state index is 0.0103. The lowest BCUT2D eigenvalue weighted by molar-refractivity contribution is -0.139. The summed E-state index contributed by atoms with van der Waals surface area (Å²) in [6.45, 7) is 5.47. The zero-order valence-electron chi connectivity index (χ0n) is 26.4. The van der Waals surface area contributed by atoms with E-state index in [1.54, 1.807) is 12.1 Å². The Bertz CT molecular complexity index is 1500. The second-order valence-electron chi connectivity index (χ2n) is 12.0. The predicted octanol–water partition coefficient (Wildman–Crippen LogP) is 7.27. The Hall–Kier alpha value is -4.04. The van der Waals surface area contributed by atoms with Gasteiger partial charge in [0.15, 0.2) is 0 Å². The first-order chi connectivity index (χ1) is 23.0. The molecule has 2 aliphatic rings. The van der Waals surface area contributed by atoms with Crippen LogP contribution in [0.25, 0.3) is 0 Å². The Kier molecular flexibility index (Phi) is 11.0. The highest BCUT2D eigenvalue weighted by Crippen LogP contribution is 2.38. The van der Waals surface area contributed by atoms with Crippen molar-refractivity contribution in [1.29, 1.82) is 0 Å². The highest BCUT2D eigenvalue weighted by molar-refractivity contribution is 6.31. The topological polar surface area (TPSA) is 56.3 Å². The SMILES string of the molecule is O=C(CC(OC(CC(=O)N1CCN(c2ccccc2)CC1)c1ccccc1Cl)c1ccccc1Cl)N1CCN(c2ccccc2)CC1. The van der Waals surface area contributed by atoms with Gasteiger partial charge in [-0.15, -0.1) is 0 Å². The molecule has 4 aromatic carbocycles. The standard InChI is InChI=1S/C38H40Cl2N4O3/c39-33-17-9-7-15-31(33)35(27-37(45)43-23-19-41(20-24-43)29-11-3-1-4-12-29)47-36(32-16-8-10-18-34(32)40)28-38(46)44-25-21-42(22-26-44)30-13-5-2-6-14-30/h1-18,35-36H,19-28H2. The first-order valence-electron chi connectivity index (χ1n) is 16.3. The van der Waals surface area contributed by atoms with Crippen molar-refractivity contribution in [3.63, 3.8) is 0 Å². The third-order valence-corrected chi connectivity index (χ3v) is 9.75. The highest BCUT2D eigenvalue weighted by Gasteiger charge is 2.31. The van der Waals surface area contributed by atoms with Crippen LogP contribution in [0, 0.1) is 0 Å². The van der Waals surface area contributed by atoms with E-state index in [0.717, 1.165) is 37.6 Å². The van der Waals surface area contributed by atoms with E-state index in [1.165, 1.54) is 0 Å². The van der Waals surface area contributed by atoms with E-state index in [4.69, 9.17) is 27.9 Å². The van der Waals surface area contributed by atoms with Crippen LogP contribution in [0.5, 0.6) is 0 Å². The molecule has 9 heteroatoms. The molecule has 0 aliphatic carbocycles. The number of para-hydroxylation sites is 2. The Morgan fingerprint density at radius 3 is 1.21 bits per heavy atom. The fourth-order valence-electron chi connectivity index (χ4n) is 6.41. The van der Waals surface area contributed by atoms with Gasteiger partial charge < -0.3 is 24.3 Å². The number of amides is 2. The summed E-state index contributed by atoms with van der Waals surface area (Å²) in [5.41, 5.74) is 3.74. The van der Waals surface area contributed by atoms with Gasteiger partial charge in [-0.1, -0.05) is 96.0 Å². The Morgan fingerprint density at radius 2 is 0.851 bits per heavy atom. The lowest BCUT2D eigenvalue weighted by Crippen LogP contribution is -2.49. The molecule has 244 valence electrons. The molecule has 2 fully saturated rings. The number of nitrogens with zero attached hydrogens (tertiary/aromatic N) is 4. The molecule has 2 amide bonds. The number of hydrogen-bond acceptors (Lipinski definition) is 5. The maximum Gasteiger partial charge on any atom is 0.225 e. The van der Waals surface area contributed by atoms with Gasteiger partial charge in [-0.25, -0.2) is 0 Å². The van der Waals surface area contributed by atoms with E-state index >= 15 is 0 Å². The van der Waals surface area contributed by atoms with Crippen molar-refractivity contribution in [3.05, 3.63) is 130 Å². The van der Waals surface area contributed by atoms with E-state index in [1.807, 2.05) is 82.6 Å². The molecule has 0 bridgehead atoms. The fraction of sp³-hybridized carbons (Fsp3) is 0.316. The molecule has 2 unspecified atom stereocenters. The third-order valence-electron chi connectivity index (χ3n) is 9.06. The molecule has 0 radical (unpaired) electrons. The van der Waals surface area contributed by atoms with Crippen LogP contribution in [0.1, 0.15) is 36.2 Å². The number of piperazine rings is 2. The molecule has 0 N–H and O–H groups in total. The van der Waals surface area contributed by atoms with Crippen LogP contribution in [0.15, 0.2) is 109 Å². The average Bonchev–Trinajstić information content (AvgIpc) is 3.12. The molecule has 2 aliphatic heterocycles. The summed E-state index contributed by atoms with van der Waals surface area (Å²) in [5.74, 6) is -0.0206. The summed E-state index contributed by atoms with van der Waals surface area (Å²) < 4.78 is 6.80. The second kappa shape index (κ2) is 15.7. The summed E-state index contributed by atoms with van der Waals surface area (Å²) in [6, 6.07) is 35.4. The summed E-state index contributed by atoms with van der Waals surface area (Å²) in [4.78, 5) is 36.0. The van der Waals surface area contributed by atoms with Crippen molar-refractivity contribution in [3.8, 4) is 0 Å². The number of carbonyl (C=O) groups is 2. The molecule has 6 rings (SSSR count). The van der Waals surface area contributed by atoms with Gasteiger partial charge in [-0.3, -0.25) is 9.59 Å². The predicted molar refractivity (Wildman–Crippen MR) is 189 cm³/mol. The minimum atomic E-state index is -0.674. The molecule has 0 saturated carbocycles. The van der Waals surface area contributed by atoms with Crippen molar-refractivity contribution >= 4 is 46.4 Å². The Morgan fingerprint density at radius 1 is 0.511 bits per heavy atom. The highest BCUT2D eigenvalue weighted by atomic mass is 35.5. The van der Waals surface area contributed by atoms with Crippen LogP contribution in [0.2, 0.25) is 10.0 Å². The van der Waals surface area contributed by atoms with E-state index in [0.29, 0.717) is 47.4 Å². The van der Waals surface area contributed by atoms with Crippen LogP contribution in [0.3, 0.4) is 0 Å². The van der Waals surface area contributed by atoms with Gasteiger partial charge in [-0.2, -0.15) is 0 Å². The van der Waals surface area contributed by atoms with Crippen LogP contribution in [-0.2, 0) is 14.3 Å². The van der Waals surface area contributed by atoms with E-state index in [2.05, 4.69) is 34.1 Å². The molecule has 4 aromatic rings. The first kappa shape index (κ1) is 32.9. The van der Waals surface area contributed by atoms with E-state index < -0.39 is 12.2 Å². The van der Waals surface area contributed by atoms with Crippen LogP contribution in [-0.4, -0.2) is 74.0 Å². The molecule has 0 spiro atoms. The second-order valence-corrected chi connectivity index (χ2v) is 12.8. The zero-order valence-corrected chi connectivity index (χ0v) is 27.9. The number of hydrogen-bond donors (Lipinski definition) is 0. The number of carbonyl (C=O) groups excluding carboxylic acids is 2. The van der Waals surface area contributed by atoms with Gasteiger partial charge in [0.1, 0.15) is 0 Å². The van der Waals surface area contributed by atoms with Gasteiger partial charge in [0.25, 0.3) is 0 Å². The van der Waals surface area contributed by atoms with Crippen molar-refractivity contribution in [2.45, 2.75) is 25.0 Å². The van der Waals surface area contributed by atoms with Crippen LogP contribution >= 0.6 is 23.2 Å². The third kappa shape index (κ3) is 8.28. The smallest absolute Gasteiger partial charge is 0.225 e. The number of anilines is 2. The lowest BCUT2D eigenvalue weighted by atomic mass is 10.0. The molecule has 2 saturated heterocycles. The van der Waals surface area contributed by atoms with Crippen LogP contribution < -0.4 is 9.80 Å². The summed E-state index contributed by atoms with van der Waals surface area (Å²) in [5, 5.41) is 1.03. The Balaban J connectivity index is 1.17.